The molecule has 27 heavy (non-hydrogen) atoms. The van der Waals surface area contributed by atoms with Crippen LogP contribution in [0.1, 0.15) is 51.4 Å². The molecule has 0 aromatic rings. The molecule has 3 N–H and O–H groups in total. The number of hydrogen-bond donors (Lipinski definition) is 2. The Hall–Kier alpha value is -0.830. The molecule has 0 spiro atoms. The molecule has 0 aliphatic carbocycles. The Labute approximate surface area is 183 Å². The van der Waals surface area contributed by atoms with E-state index >= 15 is 0 Å². The van der Waals surface area contributed by atoms with Crippen molar-refractivity contribution in [1.82, 2.24) is 15.1 Å². The van der Waals surface area contributed by atoms with Crippen LogP contribution in [-0.4, -0.2) is 68.5 Å². The molecule has 0 aromatic heterocycles. The zero-order chi connectivity index (χ0) is 19.2. The fourth-order valence-electron chi connectivity index (χ4n) is 3.41. The molecule has 0 unspecified atom stereocenters. The van der Waals surface area contributed by atoms with E-state index in [1.165, 1.54) is 19.3 Å². The lowest BCUT2D eigenvalue weighted by Crippen LogP contribution is -2.40. The summed E-state index contributed by atoms with van der Waals surface area (Å²) in [4.78, 5) is 20.2. The predicted molar refractivity (Wildman–Crippen MR) is 126 cm³/mol. The maximum Gasteiger partial charge on any atom is 0.220 e. The molecule has 1 aliphatic rings. The van der Waals surface area contributed by atoms with E-state index in [9.17, 15) is 4.79 Å². The van der Waals surface area contributed by atoms with Gasteiger partial charge in [0.1, 0.15) is 0 Å². The van der Waals surface area contributed by atoms with Crippen LogP contribution in [0, 0.1) is 5.92 Å². The van der Waals surface area contributed by atoms with Gasteiger partial charge in [0, 0.05) is 33.1 Å². The molecule has 1 aliphatic heterocycles. The van der Waals surface area contributed by atoms with Crippen molar-refractivity contribution >= 4 is 35.8 Å². The molecule has 1 fully saturated rings. The van der Waals surface area contributed by atoms with Gasteiger partial charge in [0.15, 0.2) is 5.96 Å². The number of amides is 1. The van der Waals surface area contributed by atoms with Gasteiger partial charge in [-0.25, -0.2) is 0 Å². The molecule has 0 atom stereocenters. The molecule has 158 valence electrons. The Morgan fingerprint density at radius 2 is 1.96 bits per heavy atom. The number of unbranched alkanes of at least 4 members (excludes halogenated alkanes) is 4. The van der Waals surface area contributed by atoms with Gasteiger partial charge in [-0.15, -0.1) is 30.6 Å². The van der Waals surface area contributed by atoms with Crippen molar-refractivity contribution < 1.29 is 4.79 Å². The molecule has 1 rings (SSSR count). The van der Waals surface area contributed by atoms with Crippen LogP contribution in [0.4, 0.5) is 0 Å². The fraction of sp³-hybridized carbons (Fsp3) is 0.800. The summed E-state index contributed by atoms with van der Waals surface area (Å²) in [5.74, 6) is 0.935. The van der Waals surface area contributed by atoms with Gasteiger partial charge in [-0.1, -0.05) is 12.5 Å². The van der Waals surface area contributed by atoms with Crippen LogP contribution in [0.5, 0.6) is 0 Å². The van der Waals surface area contributed by atoms with E-state index in [1.807, 2.05) is 13.1 Å². The first-order valence-corrected chi connectivity index (χ1v) is 10.1. The molecule has 1 heterocycles. The minimum atomic E-state index is -0.134. The van der Waals surface area contributed by atoms with E-state index in [1.54, 1.807) is 0 Å². The highest BCUT2D eigenvalue weighted by Crippen LogP contribution is 2.16. The Kier molecular flexibility index (Phi) is 15.7. The molecule has 1 saturated heterocycles. The lowest BCUT2D eigenvalue weighted by Gasteiger charge is -2.30. The van der Waals surface area contributed by atoms with Gasteiger partial charge in [0.05, 0.1) is 0 Å². The molecule has 0 bridgehead atoms. The third-order valence-electron chi connectivity index (χ3n) is 5.15. The van der Waals surface area contributed by atoms with Gasteiger partial charge < -0.3 is 20.9 Å². The highest BCUT2D eigenvalue weighted by molar-refractivity contribution is 14.0. The first-order chi connectivity index (χ1) is 12.6. The molecule has 1 amide bonds. The second kappa shape index (κ2) is 16.2. The van der Waals surface area contributed by atoms with Gasteiger partial charge in [-0.3, -0.25) is 9.79 Å². The summed E-state index contributed by atoms with van der Waals surface area (Å²) in [5, 5.41) is 3.46. The molecule has 6 nitrogen and oxygen atoms in total. The van der Waals surface area contributed by atoms with Crippen LogP contribution in [0.2, 0.25) is 0 Å². The number of piperidine rings is 1. The number of likely N-dealkylation sites (tertiary alicyclic amines) is 1. The lowest BCUT2D eigenvalue weighted by molar-refractivity contribution is -0.123. The number of rotatable bonds is 12. The normalized spacial score (nSPS) is 15.9. The highest BCUT2D eigenvalue weighted by atomic mass is 127. The molecule has 0 saturated carbocycles. The average molecular weight is 493 g/mol. The van der Waals surface area contributed by atoms with Crippen molar-refractivity contribution in [2.75, 3.05) is 46.8 Å². The monoisotopic (exact) mass is 493 g/mol. The van der Waals surface area contributed by atoms with Crippen molar-refractivity contribution in [3.8, 4) is 0 Å². The zero-order valence-electron chi connectivity index (χ0n) is 17.3. The number of guanidine groups is 1. The summed E-state index contributed by atoms with van der Waals surface area (Å²) >= 11 is 0. The van der Waals surface area contributed by atoms with Crippen LogP contribution >= 0.6 is 24.0 Å². The van der Waals surface area contributed by atoms with Gasteiger partial charge in [-0.05, 0) is 64.6 Å². The minimum Gasteiger partial charge on any atom is -0.369 e. The van der Waals surface area contributed by atoms with Crippen molar-refractivity contribution in [1.29, 1.82) is 0 Å². The third kappa shape index (κ3) is 11.6. The summed E-state index contributed by atoms with van der Waals surface area (Å²) in [7, 11) is 3.95. The zero-order valence-corrected chi connectivity index (χ0v) is 19.6. The number of aliphatic imine (C=N–C) groups is 1. The van der Waals surface area contributed by atoms with Gasteiger partial charge in [0.2, 0.25) is 5.91 Å². The number of nitrogens with zero attached hydrogens (tertiary/aromatic N) is 3. The number of allylic oxidation sites excluding steroid dienone is 1. The summed E-state index contributed by atoms with van der Waals surface area (Å²) in [6.07, 6.45) is 10.9. The average Bonchev–Trinajstić information content (AvgIpc) is 2.64. The van der Waals surface area contributed by atoms with E-state index in [2.05, 4.69) is 33.7 Å². The Balaban J connectivity index is 0.00000676. The number of nitrogens with two attached hydrogens (primary N) is 1. The van der Waals surface area contributed by atoms with E-state index in [0.29, 0.717) is 0 Å². The second-order valence-corrected chi connectivity index (χ2v) is 7.26. The Bertz CT molecular complexity index is 436. The topological polar surface area (TPSA) is 74.0 Å². The fourth-order valence-corrected chi connectivity index (χ4v) is 3.41. The van der Waals surface area contributed by atoms with E-state index in [0.717, 1.165) is 70.8 Å². The first-order valence-electron chi connectivity index (χ1n) is 10.1. The molecule has 7 heteroatoms. The van der Waals surface area contributed by atoms with Gasteiger partial charge in [-0.2, -0.15) is 0 Å². The predicted octanol–water partition coefficient (Wildman–Crippen LogP) is 2.84. The van der Waals surface area contributed by atoms with Crippen LogP contribution in [0.15, 0.2) is 17.6 Å². The van der Waals surface area contributed by atoms with Crippen molar-refractivity contribution in [3.05, 3.63) is 12.7 Å². The summed E-state index contributed by atoms with van der Waals surface area (Å²) < 4.78 is 0. The van der Waals surface area contributed by atoms with Crippen LogP contribution in [-0.2, 0) is 4.79 Å². The highest BCUT2D eigenvalue weighted by Gasteiger charge is 2.22. The van der Waals surface area contributed by atoms with Crippen molar-refractivity contribution in [2.45, 2.75) is 51.4 Å². The summed E-state index contributed by atoms with van der Waals surface area (Å²) in [6.45, 7) is 8.84. The number of carbonyl (C=O) groups is 1. The molecule has 0 aromatic carbocycles. The summed E-state index contributed by atoms with van der Waals surface area (Å²) in [5.41, 5.74) is 5.39. The van der Waals surface area contributed by atoms with E-state index in [4.69, 9.17) is 5.73 Å². The number of halogens is 1. The molecule has 0 radical (unpaired) electrons. The Morgan fingerprint density at radius 3 is 2.56 bits per heavy atom. The van der Waals surface area contributed by atoms with E-state index in [-0.39, 0.29) is 35.8 Å². The second-order valence-electron chi connectivity index (χ2n) is 7.26. The lowest BCUT2D eigenvalue weighted by atomic mass is 9.96. The number of primary amides is 1. The smallest absolute Gasteiger partial charge is 0.220 e. The third-order valence-corrected chi connectivity index (χ3v) is 5.15. The van der Waals surface area contributed by atoms with E-state index < -0.39 is 0 Å². The number of carbonyl (C=O) groups excluding carboxylic acids is 1. The molecular weight excluding hydrogens is 453 g/mol. The van der Waals surface area contributed by atoms with Gasteiger partial charge >= 0.3 is 0 Å². The Morgan fingerprint density at radius 1 is 1.26 bits per heavy atom. The number of hydrogen-bond acceptors (Lipinski definition) is 3. The number of nitrogens with one attached hydrogen (secondary N) is 1. The summed E-state index contributed by atoms with van der Waals surface area (Å²) in [6, 6.07) is 0. The minimum absolute atomic E-state index is 0. The largest absolute Gasteiger partial charge is 0.369 e. The maximum atomic E-state index is 11.2. The van der Waals surface area contributed by atoms with Crippen LogP contribution < -0.4 is 11.1 Å². The SMILES string of the molecule is C=CCCCCCN(C)C(=NC)NCCCCN1CCC(C(N)=O)CC1.I. The van der Waals surface area contributed by atoms with Crippen molar-refractivity contribution in [2.24, 2.45) is 16.6 Å². The van der Waals surface area contributed by atoms with Crippen LogP contribution in [0.25, 0.3) is 0 Å². The molecular formula is C20H40IN5O. The maximum absolute atomic E-state index is 11.2. The first kappa shape index (κ1) is 26.2. The van der Waals surface area contributed by atoms with Crippen LogP contribution in [0.3, 0.4) is 0 Å². The standard InChI is InChI=1S/C20H39N5O.HI/c1-4-5-6-7-9-14-24(3)20(22-2)23-13-8-10-15-25-16-11-18(12-17-25)19(21)26;/h4,18H,1,5-17H2,2-3H3,(H2,21,26)(H,22,23);1H. The quantitative estimate of drug-likeness (QED) is 0.144. The van der Waals surface area contributed by atoms with Gasteiger partial charge in [0.25, 0.3) is 0 Å². The van der Waals surface area contributed by atoms with Crippen molar-refractivity contribution in [3.63, 3.8) is 0 Å².